The maximum absolute atomic E-state index is 12.5. The van der Waals surface area contributed by atoms with Crippen LogP contribution < -0.4 is 20.5 Å². The van der Waals surface area contributed by atoms with E-state index >= 15 is 0 Å². The summed E-state index contributed by atoms with van der Waals surface area (Å²) >= 11 is 6.32. The van der Waals surface area contributed by atoms with Gasteiger partial charge in [0.05, 0.1) is 16.9 Å². The average Bonchev–Trinajstić information content (AvgIpc) is 3.25. The van der Waals surface area contributed by atoms with Gasteiger partial charge >= 0.3 is 6.09 Å². The molecule has 0 radical (unpaired) electrons. The molecule has 31 heavy (non-hydrogen) atoms. The molecule has 0 spiro atoms. The van der Waals surface area contributed by atoms with Gasteiger partial charge in [0.2, 0.25) is 0 Å². The zero-order chi connectivity index (χ0) is 22.0. The van der Waals surface area contributed by atoms with E-state index in [4.69, 9.17) is 31.2 Å². The lowest BCUT2D eigenvalue weighted by atomic mass is 10.1. The second-order valence-electron chi connectivity index (χ2n) is 6.84. The number of furan rings is 1. The summed E-state index contributed by atoms with van der Waals surface area (Å²) in [6, 6.07) is 12.6. The average molecular weight is 441 g/mol. The SMILES string of the molecule is Cc1c(OC(=O)Nc2ccc(OCCN)c(-c3c(Cl)cnn3C)c2)oc2ccccc12. The number of nitrogens with two attached hydrogens (primary N) is 1. The first kappa shape index (κ1) is 20.8. The Morgan fingerprint density at radius 3 is 2.81 bits per heavy atom. The van der Waals surface area contributed by atoms with Gasteiger partial charge in [-0.25, -0.2) is 4.79 Å². The molecule has 0 bridgehead atoms. The minimum atomic E-state index is -0.681. The first-order valence-corrected chi connectivity index (χ1v) is 9.97. The Balaban J connectivity index is 1.60. The summed E-state index contributed by atoms with van der Waals surface area (Å²) in [5.74, 6) is 0.722. The number of halogens is 1. The molecule has 0 fully saturated rings. The first-order chi connectivity index (χ1) is 15.0. The number of para-hydroxylation sites is 1. The van der Waals surface area contributed by atoms with Gasteiger partial charge in [-0.3, -0.25) is 10.00 Å². The van der Waals surface area contributed by atoms with E-state index in [2.05, 4.69) is 10.4 Å². The molecule has 8 nitrogen and oxygen atoms in total. The number of amides is 1. The van der Waals surface area contributed by atoms with Gasteiger partial charge in [-0.2, -0.15) is 5.10 Å². The van der Waals surface area contributed by atoms with Gasteiger partial charge in [0.15, 0.2) is 0 Å². The lowest BCUT2D eigenvalue weighted by molar-refractivity contribution is 0.203. The molecule has 0 aliphatic heterocycles. The normalized spacial score (nSPS) is 11.0. The van der Waals surface area contributed by atoms with Crippen molar-refractivity contribution in [3.63, 3.8) is 0 Å². The molecule has 0 aliphatic rings. The highest BCUT2D eigenvalue weighted by Crippen LogP contribution is 2.37. The van der Waals surface area contributed by atoms with Crippen molar-refractivity contribution in [2.45, 2.75) is 6.92 Å². The number of benzene rings is 2. The van der Waals surface area contributed by atoms with Gasteiger partial charge in [0.1, 0.15) is 17.9 Å². The number of carbonyl (C=O) groups excluding carboxylic acids is 1. The molecule has 0 unspecified atom stereocenters. The van der Waals surface area contributed by atoms with Crippen LogP contribution in [0.15, 0.2) is 53.1 Å². The number of aryl methyl sites for hydroxylation is 2. The Hall–Kier alpha value is -3.49. The minimum Gasteiger partial charge on any atom is -0.492 e. The van der Waals surface area contributed by atoms with Crippen LogP contribution in [0.5, 0.6) is 11.7 Å². The summed E-state index contributed by atoms with van der Waals surface area (Å²) in [7, 11) is 1.77. The molecule has 2 aromatic carbocycles. The standard InChI is InChI=1S/C22H21ClN4O4/c1-13-15-5-3-4-6-19(15)30-21(13)31-22(28)26-14-7-8-18(29-10-9-24)16(11-14)20-17(23)12-25-27(20)2/h3-8,11-12H,9-10,24H2,1-2H3,(H,26,28). The largest absolute Gasteiger partial charge is 0.492 e. The van der Waals surface area contributed by atoms with Crippen LogP contribution in [-0.4, -0.2) is 29.0 Å². The fourth-order valence-electron chi connectivity index (χ4n) is 3.28. The summed E-state index contributed by atoms with van der Waals surface area (Å²) in [5.41, 5.74) is 8.77. The van der Waals surface area contributed by atoms with E-state index in [0.717, 1.165) is 10.9 Å². The highest BCUT2D eigenvalue weighted by molar-refractivity contribution is 6.33. The van der Waals surface area contributed by atoms with Crippen LogP contribution in [0.2, 0.25) is 5.02 Å². The van der Waals surface area contributed by atoms with Gasteiger partial charge in [-0.1, -0.05) is 29.8 Å². The minimum absolute atomic E-state index is 0.150. The predicted molar refractivity (Wildman–Crippen MR) is 119 cm³/mol. The van der Waals surface area contributed by atoms with Gasteiger partial charge in [0.25, 0.3) is 5.95 Å². The Kier molecular flexibility index (Phi) is 5.83. The summed E-state index contributed by atoms with van der Waals surface area (Å²) in [4.78, 5) is 12.5. The highest BCUT2D eigenvalue weighted by atomic mass is 35.5. The Morgan fingerprint density at radius 2 is 2.10 bits per heavy atom. The lowest BCUT2D eigenvalue weighted by Gasteiger charge is -2.14. The van der Waals surface area contributed by atoms with E-state index in [1.54, 1.807) is 36.1 Å². The monoisotopic (exact) mass is 440 g/mol. The number of fused-ring (bicyclic) bond motifs is 1. The van der Waals surface area contributed by atoms with Gasteiger partial charge in [-0.05, 0) is 31.2 Å². The molecule has 0 saturated heterocycles. The molecule has 0 atom stereocenters. The van der Waals surface area contributed by atoms with Crippen LogP contribution in [0, 0.1) is 6.92 Å². The molecular weight excluding hydrogens is 420 g/mol. The first-order valence-electron chi connectivity index (χ1n) is 9.59. The molecule has 3 N–H and O–H groups in total. The molecule has 0 aliphatic carbocycles. The van der Waals surface area contributed by atoms with Gasteiger partial charge in [-0.15, -0.1) is 0 Å². The third-order valence-electron chi connectivity index (χ3n) is 4.74. The maximum Gasteiger partial charge on any atom is 0.419 e. The van der Waals surface area contributed by atoms with E-state index < -0.39 is 6.09 Å². The van der Waals surface area contributed by atoms with E-state index in [1.807, 2.05) is 31.2 Å². The molecule has 160 valence electrons. The number of nitrogens with one attached hydrogen (secondary N) is 1. The Bertz CT molecular complexity index is 1230. The van der Waals surface area contributed by atoms with Gasteiger partial charge < -0.3 is 19.6 Å². The van der Waals surface area contributed by atoms with Crippen molar-refractivity contribution in [3.8, 4) is 23.0 Å². The third kappa shape index (κ3) is 4.21. The van der Waals surface area contributed by atoms with Crippen molar-refractivity contribution in [1.82, 2.24) is 9.78 Å². The maximum atomic E-state index is 12.5. The van der Waals surface area contributed by atoms with Crippen molar-refractivity contribution in [2.75, 3.05) is 18.5 Å². The molecule has 0 saturated carbocycles. The van der Waals surface area contributed by atoms with E-state index in [9.17, 15) is 4.79 Å². The van der Waals surface area contributed by atoms with E-state index in [1.165, 1.54) is 0 Å². The van der Waals surface area contributed by atoms with E-state index in [-0.39, 0.29) is 5.95 Å². The molecule has 9 heteroatoms. The molecule has 1 amide bonds. The summed E-state index contributed by atoms with van der Waals surface area (Å²) < 4.78 is 18.4. The second kappa shape index (κ2) is 8.71. The molecule has 4 rings (SSSR count). The smallest absolute Gasteiger partial charge is 0.419 e. The topological polar surface area (TPSA) is 105 Å². The summed E-state index contributed by atoms with van der Waals surface area (Å²) in [6.07, 6.45) is 0.863. The number of hydrogen-bond donors (Lipinski definition) is 2. The second-order valence-corrected chi connectivity index (χ2v) is 7.25. The Morgan fingerprint density at radius 1 is 1.29 bits per heavy atom. The fourth-order valence-corrected chi connectivity index (χ4v) is 3.55. The molecular formula is C22H21ClN4O4. The van der Waals surface area contributed by atoms with Crippen LogP contribution in [0.4, 0.5) is 10.5 Å². The quantitative estimate of drug-likeness (QED) is 0.448. The van der Waals surface area contributed by atoms with Crippen LogP contribution >= 0.6 is 11.6 Å². The number of anilines is 1. The number of nitrogens with zero attached hydrogens (tertiary/aromatic N) is 2. The van der Waals surface area contributed by atoms with Crippen LogP contribution in [0.1, 0.15) is 5.56 Å². The molecule has 2 aromatic heterocycles. The van der Waals surface area contributed by atoms with Gasteiger partial charge in [0, 0.05) is 35.8 Å². The number of ether oxygens (including phenoxy) is 2. The Labute approximate surface area is 183 Å². The predicted octanol–water partition coefficient (Wildman–Crippen LogP) is 4.74. The molecule has 2 heterocycles. The van der Waals surface area contributed by atoms with Crippen molar-refractivity contribution in [2.24, 2.45) is 12.8 Å². The number of hydrogen-bond acceptors (Lipinski definition) is 6. The van der Waals surface area contributed by atoms with Crippen molar-refractivity contribution in [3.05, 3.63) is 59.2 Å². The van der Waals surface area contributed by atoms with Crippen molar-refractivity contribution < 1.29 is 18.7 Å². The van der Waals surface area contributed by atoms with Crippen LogP contribution in [-0.2, 0) is 7.05 Å². The van der Waals surface area contributed by atoms with Crippen LogP contribution in [0.3, 0.4) is 0 Å². The van der Waals surface area contributed by atoms with E-state index in [0.29, 0.717) is 46.5 Å². The number of rotatable bonds is 6. The fraction of sp³-hybridized carbons (Fsp3) is 0.182. The molecule has 4 aromatic rings. The number of aromatic nitrogens is 2. The van der Waals surface area contributed by atoms with Crippen LogP contribution in [0.25, 0.3) is 22.2 Å². The number of carbonyl (C=O) groups is 1. The zero-order valence-electron chi connectivity index (χ0n) is 17.0. The summed E-state index contributed by atoms with van der Waals surface area (Å²) in [5, 5.41) is 8.23. The third-order valence-corrected chi connectivity index (χ3v) is 5.01. The van der Waals surface area contributed by atoms with Crippen molar-refractivity contribution in [1.29, 1.82) is 0 Å². The van der Waals surface area contributed by atoms with Crippen molar-refractivity contribution >= 4 is 34.4 Å². The summed E-state index contributed by atoms with van der Waals surface area (Å²) in [6.45, 7) is 2.53. The zero-order valence-corrected chi connectivity index (χ0v) is 17.8. The highest BCUT2D eigenvalue weighted by Gasteiger charge is 2.18. The lowest BCUT2D eigenvalue weighted by Crippen LogP contribution is -2.17.